The summed E-state index contributed by atoms with van der Waals surface area (Å²) < 4.78 is 7.29. The van der Waals surface area contributed by atoms with Crippen LogP contribution in [-0.2, 0) is 4.79 Å². The van der Waals surface area contributed by atoms with E-state index in [1.807, 2.05) is 42.7 Å². The Bertz CT molecular complexity index is 1190. The minimum Gasteiger partial charge on any atom is -0.495 e. The van der Waals surface area contributed by atoms with Gasteiger partial charge in [0.25, 0.3) is 5.91 Å². The molecule has 0 spiro atoms. The van der Waals surface area contributed by atoms with Gasteiger partial charge < -0.3 is 9.30 Å². The molecule has 0 saturated heterocycles. The fraction of sp³-hybridized carbons (Fsp3) is 0.273. The lowest BCUT2D eigenvalue weighted by Gasteiger charge is -2.20. The zero-order valence-corrected chi connectivity index (χ0v) is 19.3. The Morgan fingerprint density at radius 3 is 2.74 bits per heavy atom. The highest BCUT2D eigenvalue weighted by molar-refractivity contribution is 8.26. The van der Waals surface area contributed by atoms with E-state index >= 15 is 0 Å². The highest BCUT2D eigenvalue weighted by atomic mass is 35.5. The van der Waals surface area contributed by atoms with Crippen LogP contribution < -0.4 is 4.74 Å². The SMILES string of the molecule is CCCC1=NN2C(=N)/C(=C\c3cc(C)n(-c4ccc(OC)c(Cl)c4)c3C)C(=O)N=C2S1. The van der Waals surface area contributed by atoms with Crippen LogP contribution in [0.3, 0.4) is 0 Å². The quantitative estimate of drug-likeness (QED) is 0.630. The van der Waals surface area contributed by atoms with E-state index in [1.165, 1.54) is 16.8 Å². The van der Waals surface area contributed by atoms with Crippen LogP contribution >= 0.6 is 23.4 Å². The summed E-state index contributed by atoms with van der Waals surface area (Å²) in [6.45, 7) is 6.01. The van der Waals surface area contributed by atoms with Crippen LogP contribution in [0.2, 0.25) is 5.02 Å². The topological polar surface area (TPSA) is 83.0 Å². The molecule has 0 unspecified atom stereocenters. The Morgan fingerprint density at radius 1 is 1.29 bits per heavy atom. The van der Waals surface area contributed by atoms with Gasteiger partial charge in [-0.2, -0.15) is 15.1 Å². The Hall–Kier alpha value is -2.84. The number of fused-ring (bicyclic) bond motifs is 1. The van der Waals surface area contributed by atoms with E-state index in [-0.39, 0.29) is 11.4 Å². The molecule has 2 aliphatic rings. The minimum absolute atomic E-state index is 0.0471. The van der Waals surface area contributed by atoms with Gasteiger partial charge in [0, 0.05) is 17.1 Å². The van der Waals surface area contributed by atoms with Gasteiger partial charge in [0.15, 0.2) is 5.84 Å². The third-order valence-corrected chi connectivity index (χ3v) is 6.39. The van der Waals surface area contributed by atoms with Crippen LogP contribution in [0.25, 0.3) is 11.8 Å². The number of ether oxygens (including phenoxy) is 1. The molecule has 9 heteroatoms. The lowest BCUT2D eigenvalue weighted by Crippen LogP contribution is -2.35. The molecule has 160 valence electrons. The number of methoxy groups -OCH3 is 1. The van der Waals surface area contributed by atoms with Crippen LogP contribution in [0, 0.1) is 19.3 Å². The first-order chi connectivity index (χ1) is 14.8. The molecule has 2 aromatic rings. The van der Waals surface area contributed by atoms with Gasteiger partial charge in [-0.1, -0.05) is 18.5 Å². The second kappa shape index (κ2) is 8.36. The molecule has 2 aliphatic heterocycles. The molecule has 1 aromatic heterocycles. The van der Waals surface area contributed by atoms with Crippen molar-refractivity contribution in [3.05, 3.63) is 51.8 Å². The average molecular weight is 456 g/mol. The summed E-state index contributed by atoms with van der Waals surface area (Å²) in [5, 5.41) is 16.3. The number of rotatable bonds is 5. The fourth-order valence-corrected chi connectivity index (χ4v) is 4.87. The first-order valence-electron chi connectivity index (χ1n) is 9.86. The molecular formula is C22H22ClN5O2S. The number of amidine groups is 2. The van der Waals surface area contributed by atoms with Crippen molar-refractivity contribution in [2.24, 2.45) is 10.1 Å². The van der Waals surface area contributed by atoms with E-state index in [0.29, 0.717) is 15.9 Å². The van der Waals surface area contributed by atoms with Crippen molar-refractivity contribution in [1.29, 1.82) is 5.41 Å². The number of carbonyl (C=O) groups excluding carboxylic acids is 1. The van der Waals surface area contributed by atoms with E-state index < -0.39 is 5.91 Å². The molecule has 0 aliphatic carbocycles. The number of aryl methyl sites for hydroxylation is 1. The summed E-state index contributed by atoms with van der Waals surface area (Å²) in [7, 11) is 1.58. The van der Waals surface area contributed by atoms with Gasteiger partial charge in [-0.05, 0) is 74.4 Å². The molecule has 31 heavy (non-hydrogen) atoms. The van der Waals surface area contributed by atoms with Crippen LogP contribution in [0.1, 0.15) is 36.7 Å². The third-order valence-electron chi connectivity index (χ3n) is 5.12. The molecule has 0 saturated carbocycles. The van der Waals surface area contributed by atoms with Crippen molar-refractivity contribution in [2.75, 3.05) is 7.11 Å². The molecule has 3 heterocycles. The normalized spacial score (nSPS) is 17.2. The van der Waals surface area contributed by atoms with Gasteiger partial charge in [-0.3, -0.25) is 10.2 Å². The van der Waals surface area contributed by atoms with Crippen molar-refractivity contribution in [3.63, 3.8) is 0 Å². The zero-order valence-electron chi connectivity index (χ0n) is 17.7. The molecule has 0 fully saturated rings. The molecule has 1 N–H and O–H groups in total. The van der Waals surface area contributed by atoms with Gasteiger partial charge >= 0.3 is 0 Å². The lowest BCUT2D eigenvalue weighted by molar-refractivity contribution is -0.114. The maximum Gasteiger partial charge on any atom is 0.283 e. The standard InChI is InChI=1S/C22H22ClN5O2S/c1-5-6-19-26-28-20(24)16(21(29)25-22(28)31-19)10-14-9-12(2)27(13(14)3)15-7-8-18(30-4)17(23)11-15/h7-11,24H,5-6H2,1-4H3/b16-10+,24-20?. The monoisotopic (exact) mass is 455 g/mol. The fourth-order valence-electron chi connectivity index (χ4n) is 3.63. The molecule has 1 amide bonds. The van der Waals surface area contributed by atoms with Crippen molar-refractivity contribution >= 4 is 51.4 Å². The van der Waals surface area contributed by atoms with E-state index in [0.717, 1.165) is 40.5 Å². The number of hydrazone groups is 1. The van der Waals surface area contributed by atoms with E-state index in [2.05, 4.69) is 17.0 Å². The maximum absolute atomic E-state index is 12.7. The zero-order chi connectivity index (χ0) is 22.3. The van der Waals surface area contributed by atoms with Crippen LogP contribution in [0.5, 0.6) is 5.75 Å². The Kier molecular flexibility index (Phi) is 5.77. The summed E-state index contributed by atoms with van der Waals surface area (Å²) >= 11 is 7.67. The number of carbonyl (C=O) groups is 1. The van der Waals surface area contributed by atoms with Gasteiger partial charge in [-0.15, -0.1) is 0 Å². The highest BCUT2D eigenvalue weighted by Crippen LogP contribution is 2.32. The van der Waals surface area contributed by atoms with E-state index in [9.17, 15) is 4.79 Å². The summed E-state index contributed by atoms with van der Waals surface area (Å²) in [5.74, 6) is 0.233. The maximum atomic E-state index is 12.7. The average Bonchev–Trinajstić information content (AvgIpc) is 3.25. The summed E-state index contributed by atoms with van der Waals surface area (Å²) in [6, 6.07) is 7.57. The van der Waals surface area contributed by atoms with Crippen molar-refractivity contribution in [1.82, 2.24) is 9.58 Å². The summed E-state index contributed by atoms with van der Waals surface area (Å²) in [4.78, 5) is 16.8. The molecule has 0 bridgehead atoms. The molecule has 1 aromatic carbocycles. The number of nitrogens with one attached hydrogen (secondary N) is 1. The molecule has 0 atom stereocenters. The largest absolute Gasteiger partial charge is 0.495 e. The van der Waals surface area contributed by atoms with Gasteiger partial charge in [-0.25, -0.2) is 0 Å². The Balaban J connectivity index is 1.72. The van der Waals surface area contributed by atoms with E-state index in [1.54, 1.807) is 13.2 Å². The number of aromatic nitrogens is 1. The van der Waals surface area contributed by atoms with Crippen LogP contribution in [0.15, 0.2) is 39.9 Å². The Morgan fingerprint density at radius 2 is 2.06 bits per heavy atom. The predicted octanol–water partition coefficient (Wildman–Crippen LogP) is 5.18. The number of benzene rings is 1. The van der Waals surface area contributed by atoms with Crippen molar-refractivity contribution < 1.29 is 9.53 Å². The number of hydrogen-bond donors (Lipinski definition) is 1. The number of halogens is 1. The molecular weight excluding hydrogens is 434 g/mol. The number of aliphatic imine (C=N–C) groups is 1. The van der Waals surface area contributed by atoms with Crippen LogP contribution in [-0.4, -0.2) is 38.6 Å². The minimum atomic E-state index is -0.422. The third kappa shape index (κ3) is 3.81. The summed E-state index contributed by atoms with van der Waals surface area (Å²) in [6.07, 6.45) is 3.46. The number of hydrogen-bond acceptors (Lipinski definition) is 5. The first-order valence-corrected chi connectivity index (χ1v) is 11.1. The van der Waals surface area contributed by atoms with Crippen LogP contribution in [0.4, 0.5) is 0 Å². The molecule has 4 rings (SSSR count). The second-order valence-electron chi connectivity index (χ2n) is 7.24. The van der Waals surface area contributed by atoms with Gasteiger partial charge in [0.2, 0.25) is 5.17 Å². The number of nitrogens with zero attached hydrogens (tertiary/aromatic N) is 4. The summed E-state index contributed by atoms with van der Waals surface area (Å²) in [5.41, 5.74) is 3.84. The molecule has 0 radical (unpaired) electrons. The second-order valence-corrected chi connectivity index (χ2v) is 8.69. The Labute approximate surface area is 189 Å². The van der Waals surface area contributed by atoms with Gasteiger partial charge in [0.05, 0.1) is 17.7 Å². The van der Waals surface area contributed by atoms with Crippen molar-refractivity contribution in [3.8, 4) is 11.4 Å². The predicted molar refractivity (Wildman–Crippen MR) is 127 cm³/mol. The van der Waals surface area contributed by atoms with Crippen molar-refractivity contribution in [2.45, 2.75) is 33.6 Å². The highest BCUT2D eigenvalue weighted by Gasteiger charge is 2.35. The van der Waals surface area contributed by atoms with E-state index in [4.69, 9.17) is 21.7 Å². The van der Waals surface area contributed by atoms with Gasteiger partial charge in [0.1, 0.15) is 10.8 Å². The number of thioether (sulfide) groups is 1. The molecule has 7 nitrogen and oxygen atoms in total. The first kappa shape index (κ1) is 21.4. The smallest absolute Gasteiger partial charge is 0.283 e. The number of amides is 1. The lowest BCUT2D eigenvalue weighted by atomic mass is 10.1.